The first kappa shape index (κ1) is 15.6. The predicted molar refractivity (Wildman–Crippen MR) is 87.6 cm³/mol. The molecule has 2 aromatic rings. The lowest BCUT2D eigenvalue weighted by Crippen LogP contribution is -2.42. The number of hydrogen-bond donors (Lipinski definition) is 2. The molecule has 4 heteroatoms. The van der Waals surface area contributed by atoms with Crippen LogP contribution < -0.4 is 5.32 Å². The largest absolute Gasteiger partial charge is 0.361 e. The number of benzene rings is 1. The van der Waals surface area contributed by atoms with Gasteiger partial charge in [-0.05, 0) is 52.0 Å². The van der Waals surface area contributed by atoms with Crippen molar-refractivity contribution in [2.24, 2.45) is 0 Å². The number of aromatic amines is 1. The van der Waals surface area contributed by atoms with E-state index in [1.165, 1.54) is 0 Å². The molecule has 0 atom stereocenters. The monoisotopic (exact) mass is 287 g/mol. The Labute approximate surface area is 126 Å². The third-order valence-electron chi connectivity index (χ3n) is 3.80. The maximum absolute atomic E-state index is 12.2. The van der Waals surface area contributed by atoms with Crippen LogP contribution in [0.1, 0.15) is 38.1 Å². The van der Waals surface area contributed by atoms with Crippen LogP contribution >= 0.6 is 0 Å². The van der Waals surface area contributed by atoms with Crippen LogP contribution in [0.25, 0.3) is 10.9 Å². The zero-order chi connectivity index (χ0) is 15.4. The van der Waals surface area contributed by atoms with Gasteiger partial charge in [0.25, 0.3) is 5.91 Å². The zero-order valence-corrected chi connectivity index (χ0v) is 13.3. The van der Waals surface area contributed by atoms with Crippen molar-refractivity contribution in [1.82, 2.24) is 15.2 Å². The second-order valence-electron chi connectivity index (χ2n) is 5.96. The molecule has 0 radical (unpaired) electrons. The molecule has 2 rings (SSSR count). The van der Waals surface area contributed by atoms with Crippen molar-refractivity contribution in [2.45, 2.75) is 39.8 Å². The van der Waals surface area contributed by atoms with Gasteiger partial charge >= 0.3 is 0 Å². The first-order valence-electron chi connectivity index (χ1n) is 7.60. The van der Waals surface area contributed by atoms with Gasteiger partial charge in [0.15, 0.2) is 0 Å². The van der Waals surface area contributed by atoms with Gasteiger partial charge in [0.1, 0.15) is 0 Å². The topological polar surface area (TPSA) is 48.1 Å². The predicted octanol–water partition coefficient (Wildman–Crippen LogP) is 3.02. The number of fused-ring (bicyclic) bond motifs is 1. The minimum Gasteiger partial charge on any atom is -0.361 e. The lowest BCUT2D eigenvalue weighted by Gasteiger charge is -2.30. The average molecular weight is 287 g/mol. The van der Waals surface area contributed by atoms with Crippen molar-refractivity contribution in [3.05, 3.63) is 36.0 Å². The first-order chi connectivity index (χ1) is 9.99. The molecular weight excluding hydrogens is 262 g/mol. The van der Waals surface area contributed by atoms with Crippen LogP contribution in [0, 0.1) is 0 Å². The summed E-state index contributed by atoms with van der Waals surface area (Å²) in [5.41, 5.74) is 1.76. The summed E-state index contributed by atoms with van der Waals surface area (Å²) < 4.78 is 0. The molecule has 4 nitrogen and oxygen atoms in total. The van der Waals surface area contributed by atoms with Crippen molar-refractivity contribution in [3.63, 3.8) is 0 Å². The van der Waals surface area contributed by atoms with Gasteiger partial charge in [-0.2, -0.15) is 0 Å². The van der Waals surface area contributed by atoms with Crippen molar-refractivity contribution in [3.8, 4) is 0 Å². The number of hydrogen-bond acceptors (Lipinski definition) is 2. The van der Waals surface area contributed by atoms with Crippen molar-refractivity contribution in [2.75, 3.05) is 13.1 Å². The summed E-state index contributed by atoms with van der Waals surface area (Å²) in [6.07, 6.45) is 1.88. The molecule has 0 aliphatic carbocycles. The quantitative estimate of drug-likeness (QED) is 0.858. The summed E-state index contributed by atoms with van der Waals surface area (Å²) in [6, 6.07) is 8.67. The molecule has 1 aromatic heterocycles. The molecule has 0 saturated carbocycles. The summed E-state index contributed by atoms with van der Waals surface area (Å²) in [6.45, 7) is 10.3. The Morgan fingerprint density at radius 3 is 2.57 bits per heavy atom. The molecule has 1 heterocycles. The van der Waals surface area contributed by atoms with Crippen LogP contribution in [0.4, 0.5) is 0 Å². The van der Waals surface area contributed by atoms with E-state index in [0.29, 0.717) is 24.2 Å². The highest BCUT2D eigenvalue weighted by atomic mass is 16.1. The van der Waals surface area contributed by atoms with Crippen molar-refractivity contribution in [1.29, 1.82) is 0 Å². The number of aromatic nitrogens is 1. The first-order valence-corrected chi connectivity index (χ1v) is 7.60. The molecule has 114 valence electrons. The van der Waals surface area contributed by atoms with Crippen LogP contribution in [0.2, 0.25) is 0 Å². The highest BCUT2D eigenvalue weighted by molar-refractivity contribution is 5.98. The molecule has 0 spiro atoms. The molecule has 0 saturated heterocycles. The van der Waals surface area contributed by atoms with Gasteiger partial charge in [-0.25, -0.2) is 0 Å². The van der Waals surface area contributed by atoms with Gasteiger partial charge in [-0.3, -0.25) is 9.69 Å². The molecule has 0 fully saturated rings. The van der Waals surface area contributed by atoms with E-state index >= 15 is 0 Å². The van der Waals surface area contributed by atoms with Gasteiger partial charge in [-0.1, -0.05) is 0 Å². The molecule has 0 unspecified atom stereocenters. The Hall–Kier alpha value is -1.81. The Balaban J connectivity index is 1.92. The summed E-state index contributed by atoms with van der Waals surface area (Å²) in [7, 11) is 0. The van der Waals surface area contributed by atoms with Gasteiger partial charge in [0, 0.05) is 47.8 Å². The summed E-state index contributed by atoms with van der Waals surface area (Å²) >= 11 is 0. The maximum atomic E-state index is 12.2. The lowest BCUT2D eigenvalue weighted by atomic mass is 10.1. The molecule has 21 heavy (non-hydrogen) atoms. The van der Waals surface area contributed by atoms with Gasteiger partial charge in [-0.15, -0.1) is 0 Å². The highest BCUT2D eigenvalue weighted by Crippen LogP contribution is 2.14. The second-order valence-corrected chi connectivity index (χ2v) is 5.96. The fourth-order valence-electron chi connectivity index (χ4n) is 2.71. The van der Waals surface area contributed by atoms with E-state index in [4.69, 9.17) is 0 Å². The number of rotatable bonds is 6. The Morgan fingerprint density at radius 1 is 1.19 bits per heavy atom. The number of nitrogens with zero attached hydrogens (tertiary/aromatic N) is 1. The summed E-state index contributed by atoms with van der Waals surface area (Å²) in [5, 5.41) is 4.07. The molecule has 2 N–H and O–H groups in total. The van der Waals surface area contributed by atoms with Crippen LogP contribution in [0.15, 0.2) is 30.5 Å². The lowest BCUT2D eigenvalue weighted by molar-refractivity contribution is 0.0939. The second kappa shape index (κ2) is 6.76. The summed E-state index contributed by atoms with van der Waals surface area (Å²) in [5.74, 6) is -0.00874. The minimum absolute atomic E-state index is 0.00874. The number of carbonyl (C=O) groups is 1. The van der Waals surface area contributed by atoms with Crippen LogP contribution in [0.5, 0.6) is 0 Å². The van der Waals surface area contributed by atoms with E-state index in [1.807, 2.05) is 30.5 Å². The maximum Gasteiger partial charge on any atom is 0.251 e. The number of amides is 1. The Bertz CT molecular complexity index is 593. The third-order valence-corrected chi connectivity index (χ3v) is 3.80. The minimum atomic E-state index is -0.00874. The third kappa shape index (κ3) is 3.85. The van der Waals surface area contributed by atoms with E-state index in [2.05, 4.69) is 42.9 Å². The number of carbonyl (C=O) groups excluding carboxylic acids is 1. The van der Waals surface area contributed by atoms with Crippen molar-refractivity contribution < 1.29 is 4.79 Å². The van der Waals surface area contributed by atoms with Gasteiger partial charge < -0.3 is 10.3 Å². The van der Waals surface area contributed by atoms with E-state index in [-0.39, 0.29) is 5.91 Å². The normalized spacial score (nSPS) is 11.8. The Kier molecular flexibility index (Phi) is 5.02. The molecule has 1 aromatic carbocycles. The van der Waals surface area contributed by atoms with Crippen molar-refractivity contribution >= 4 is 16.8 Å². The SMILES string of the molecule is CC(C)N(CCNC(=O)c1ccc2[nH]ccc2c1)C(C)C. The Morgan fingerprint density at radius 2 is 1.90 bits per heavy atom. The zero-order valence-electron chi connectivity index (χ0n) is 13.3. The average Bonchev–Trinajstić information content (AvgIpc) is 2.89. The molecule has 0 bridgehead atoms. The fourth-order valence-corrected chi connectivity index (χ4v) is 2.71. The smallest absolute Gasteiger partial charge is 0.251 e. The van der Waals surface area contributed by atoms with Crippen LogP contribution in [-0.2, 0) is 0 Å². The number of H-pyrrole nitrogens is 1. The summed E-state index contributed by atoms with van der Waals surface area (Å²) in [4.78, 5) is 17.7. The number of nitrogens with one attached hydrogen (secondary N) is 2. The van der Waals surface area contributed by atoms with E-state index in [9.17, 15) is 4.79 Å². The molecule has 1 amide bonds. The van der Waals surface area contributed by atoms with E-state index in [1.54, 1.807) is 0 Å². The van der Waals surface area contributed by atoms with Crippen LogP contribution in [0.3, 0.4) is 0 Å². The van der Waals surface area contributed by atoms with Crippen LogP contribution in [-0.4, -0.2) is 41.0 Å². The molecule has 0 aliphatic rings. The highest BCUT2D eigenvalue weighted by Gasteiger charge is 2.13. The van der Waals surface area contributed by atoms with Gasteiger partial charge in [0.05, 0.1) is 0 Å². The molecule has 0 aliphatic heterocycles. The fraction of sp³-hybridized carbons (Fsp3) is 0.471. The van der Waals surface area contributed by atoms with E-state index < -0.39 is 0 Å². The molecular formula is C17H25N3O. The van der Waals surface area contributed by atoms with E-state index in [0.717, 1.165) is 17.4 Å². The van der Waals surface area contributed by atoms with Gasteiger partial charge in [0.2, 0.25) is 0 Å². The standard InChI is InChI=1S/C17H25N3O/c1-12(2)20(13(3)4)10-9-19-17(21)15-5-6-16-14(11-15)7-8-18-16/h5-8,11-13,18H,9-10H2,1-4H3,(H,19,21).